The predicted octanol–water partition coefficient (Wildman–Crippen LogP) is 3.24. The Morgan fingerprint density at radius 3 is 2.37 bits per heavy atom. The number of hydrogen-bond donors (Lipinski definition) is 1. The number of rotatable bonds is 7. The molecule has 3 rings (SSSR count). The van der Waals surface area contributed by atoms with E-state index in [0.717, 1.165) is 5.56 Å². The van der Waals surface area contributed by atoms with E-state index >= 15 is 0 Å². The molecule has 0 spiro atoms. The van der Waals surface area contributed by atoms with E-state index in [9.17, 15) is 13.2 Å². The molecule has 3 aromatic rings. The molecule has 27 heavy (non-hydrogen) atoms. The Morgan fingerprint density at radius 2 is 1.81 bits per heavy atom. The third-order valence-electron chi connectivity index (χ3n) is 4.17. The molecular weight excluding hydrogens is 382 g/mol. The summed E-state index contributed by atoms with van der Waals surface area (Å²) in [5.41, 5.74) is 6.53. The summed E-state index contributed by atoms with van der Waals surface area (Å²) in [5, 5.41) is 2.14. The highest BCUT2D eigenvalue weighted by molar-refractivity contribution is 7.93. The first kappa shape index (κ1) is 19.1. The monoisotopic (exact) mass is 401 g/mol. The first-order chi connectivity index (χ1) is 12.9. The van der Waals surface area contributed by atoms with Gasteiger partial charge in [-0.3, -0.25) is 4.79 Å². The summed E-state index contributed by atoms with van der Waals surface area (Å²) in [5.74, 6) is -0.636. The van der Waals surface area contributed by atoms with Gasteiger partial charge in [-0.1, -0.05) is 37.3 Å². The maximum Gasteiger partial charge on any atom is 0.266 e. The van der Waals surface area contributed by atoms with Gasteiger partial charge in [-0.25, -0.2) is 17.7 Å². The highest BCUT2D eigenvalue weighted by Gasteiger charge is 2.28. The zero-order valence-electron chi connectivity index (χ0n) is 14.6. The van der Waals surface area contributed by atoms with Crippen molar-refractivity contribution in [1.29, 1.82) is 0 Å². The molecule has 0 aliphatic carbocycles. The van der Waals surface area contributed by atoms with Gasteiger partial charge in [-0.05, 0) is 35.7 Å². The Balaban J connectivity index is 1.96. The molecule has 2 N–H and O–H groups in total. The molecule has 0 saturated heterocycles. The van der Waals surface area contributed by atoms with Crippen LogP contribution in [0, 0.1) is 0 Å². The molecule has 0 aliphatic rings. The van der Waals surface area contributed by atoms with Crippen molar-refractivity contribution < 1.29 is 13.2 Å². The van der Waals surface area contributed by atoms with Gasteiger partial charge in [0.15, 0.2) is 5.13 Å². The van der Waals surface area contributed by atoms with Crippen LogP contribution in [0.1, 0.15) is 28.8 Å². The maximum absolute atomic E-state index is 13.3. The smallest absolute Gasteiger partial charge is 0.266 e. The Labute approximate surface area is 162 Å². The SMILES string of the molecule is CC(CN(c1nccs1)S(=O)(=O)c1ccc(C(N)=O)cc1)c1ccccc1. The molecule has 140 valence electrons. The van der Waals surface area contributed by atoms with Crippen LogP contribution >= 0.6 is 11.3 Å². The summed E-state index contributed by atoms with van der Waals surface area (Å²) < 4.78 is 27.8. The number of thiazole rings is 1. The third kappa shape index (κ3) is 4.17. The van der Waals surface area contributed by atoms with Gasteiger partial charge in [0, 0.05) is 23.7 Å². The molecule has 6 nitrogen and oxygen atoms in total. The van der Waals surface area contributed by atoms with Crippen LogP contribution in [0.4, 0.5) is 5.13 Å². The lowest BCUT2D eigenvalue weighted by molar-refractivity contribution is 0.1000. The number of hydrogen-bond acceptors (Lipinski definition) is 5. The van der Waals surface area contributed by atoms with E-state index in [2.05, 4.69) is 4.98 Å². The van der Waals surface area contributed by atoms with Crippen LogP contribution < -0.4 is 10.0 Å². The van der Waals surface area contributed by atoms with Crippen LogP contribution in [0.5, 0.6) is 0 Å². The van der Waals surface area contributed by atoms with Crippen LogP contribution in [0.2, 0.25) is 0 Å². The minimum Gasteiger partial charge on any atom is -0.366 e. The van der Waals surface area contributed by atoms with Gasteiger partial charge in [-0.15, -0.1) is 11.3 Å². The van der Waals surface area contributed by atoms with Crippen LogP contribution in [0.25, 0.3) is 0 Å². The van der Waals surface area contributed by atoms with Crippen LogP contribution in [0.3, 0.4) is 0 Å². The topological polar surface area (TPSA) is 93.4 Å². The van der Waals surface area contributed by atoms with Crippen molar-refractivity contribution in [3.63, 3.8) is 0 Å². The summed E-state index contributed by atoms with van der Waals surface area (Å²) in [6.07, 6.45) is 1.58. The van der Waals surface area contributed by atoms with E-state index in [1.165, 1.54) is 39.9 Å². The lowest BCUT2D eigenvalue weighted by Crippen LogP contribution is -2.34. The maximum atomic E-state index is 13.3. The summed E-state index contributed by atoms with van der Waals surface area (Å²) in [6, 6.07) is 15.3. The van der Waals surface area contributed by atoms with E-state index in [0.29, 0.717) is 5.13 Å². The highest BCUT2D eigenvalue weighted by Crippen LogP contribution is 2.29. The zero-order valence-corrected chi connectivity index (χ0v) is 16.3. The minimum atomic E-state index is -3.84. The number of benzene rings is 2. The normalized spacial score (nSPS) is 12.5. The van der Waals surface area contributed by atoms with E-state index in [1.807, 2.05) is 37.3 Å². The molecule has 8 heteroatoms. The van der Waals surface area contributed by atoms with E-state index in [4.69, 9.17) is 5.73 Å². The van der Waals surface area contributed by atoms with Crippen molar-refractivity contribution >= 4 is 32.4 Å². The highest BCUT2D eigenvalue weighted by atomic mass is 32.2. The largest absolute Gasteiger partial charge is 0.366 e. The Bertz CT molecular complexity index is 1000. The number of amides is 1. The molecule has 0 saturated carbocycles. The van der Waals surface area contributed by atoms with E-state index in [1.54, 1.807) is 11.6 Å². The van der Waals surface area contributed by atoms with Crippen molar-refractivity contribution in [2.24, 2.45) is 5.73 Å². The predicted molar refractivity (Wildman–Crippen MR) is 106 cm³/mol. The Morgan fingerprint density at radius 1 is 1.15 bits per heavy atom. The number of anilines is 1. The first-order valence-corrected chi connectivity index (χ1v) is 10.6. The molecular formula is C19H19N3O3S2. The number of nitrogens with two attached hydrogens (primary N) is 1. The molecule has 1 atom stereocenters. The van der Waals surface area contributed by atoms with Crippen LogP contribution in [-0.4, -0.2) is 25.9 Å². The average molecular weight is 402 g/mol. The number of carbonyl (C=O) groups excluding carboxylic acids is 1. The fraction of sp³-hybridized carbons (Fsp3) is 0.158. The number of primary amides is 1. The quantitative estimate of drug-likeness (QED) is 0.658. The van der Waals surface area contributed by atoms with Gasteiger partial charge in [-0.2, -0.15) is 0 Å². The molecule has 0 bridgehead atoms. The fourth-order valence-electron chi connectivity index (χ4n) is 2.67. The first-order valence-electron chi connectivity index (χ1n) is 8.26. The van der Waals surface area contributed by atoms with Crippen LogP contribution in [0.15, 0.2) is 71.1 Å². The van der Waals surface area contributed by atoms with Crippen molar-refractivity contribution in [2.45, 2.75) is 17.7 Å². The minimum absolute atomic E-state index is 0.0326. The summed E-state index contributed by atoms with van der Waals surface area (Å²) in [4.78, 5) is 15.5. The molecule has 1 heterocycles. The zero-order chi connectivity index (χ0) is 19.4. The Hall–Kier alpha value is -2.71. The number of sulfonamides is 1. The van der Waals surface area contributed by atoms with Crippen molar-refractivity contribution in [3.05, 3.63) is 77.3 Å². The molecule has 1 unspecified atom stereocenters. The molecule has 2 aromatic carbocycles. The van der Waals surface area contributed by atoms with Crippen molar-refractivity contribution in [2.75, 3.05) is 10.8 Å². The van der Waals surface area contributed by atoms with Gasteiger partial charge >= 0.3 is 0 Å². The summed E-state index contributed by atoms with van der Waals surface area (Å²) in [6.45, 7) is 2.22. The van der Waals surface area contributed by atoms with Crippen molar-refractivity contribution in [1.82, 2.24) is 4.98 Å². The average Bonchev–Trinajstić information content (AvgIpc) is 3.20. The van der Waals surface area contributed by atoms with Gasteiger partial charge in [0.1, 0.15) is 0 Å². The summed E-state index contributed by atoms with van der Waals surface area (Å²) in [7, 11) is -3.84. The number of carbonyl (C=O) groups is 1. The molecule has 0 fully saturated rings. The third-order valence-corrected chi connectivity index (χ3v) is 6.85. The molecule has 1 aromatic heterocycles. The van der Waals surface area contributed by atoms with Gasteiger partial charge in [0.05, 0.1) is 4.90 Å². The van der Waals surface area contributed by atoms with Gasteiger partial charge in [0.2, 0.25) is 5.91 Å². The second kappa shape index (κ2) is 7.89. The number of nitrogens with zero attached hydrogens (tertiary/aromatic N) is 2. The van der Waals surface area contributed by atoms with E-state index < -0.39 is 15.9 Å². The second-order valence-corrected chi connectivity index (χ2v) is 8.79. The molecule has 0 radical (unpaired) electrons. The fourth-order valence-corrected chi connectivity index (χ4v) is 5.06. The van der Waals surface area contributed by atoms with Gasteiger partial charge in [0.25, 0.3) is 10.0 Å². The standard InChI is InChI=1S/C19H19N3O3S2/c1-14(15-5-3-2-4-6-15)13-22(19-21-11-12-26-19)27(24,25)17-9-7-16(8-10-17)18(20)23/h2-12,14H,13H2,1H3,(H2,20,23). The molecule has 1 amide bonds. The van der Waals surface area contributed by atoms with Gasteiger partial charge < -0.3 is 5.73 Å². The molecule has 0 aliphatic heterocycles. The second-order valence-electron chi connectivity index (χ2n) is 6.05. The van der Waals surface area contributed by atoms with Crippen molar-refractivity contribution in [3.8, 4) is 0 Å². The lowest BCUT2D eigenvalue weighted by atomic mass is 10.0. The lowest BCUT2D eigenvalue weighted by Gasteiger charge is -2.25. The number of aromatic nitrogens is 1. The summed E-state index contributed by atoms with van der Waals surface area (Å²) >= 11 is 1.26. The van der Waals surface area contributed by atoms with Crippen LogP contribution in [-0.2, 0) is 10.0 Å². The Kier molecular flexibility index (Phi) is 5.57. The van der Waals surface area contributed by atoms with E-state index in [-0.39, 0.29) is 22.9 Å².